The van der Waals surface area contributed by atoms with Gasteiger partial charge in [0.05, 0.1) is 5.02 Å². The lowest BCUT2D eigenvalue weighted by Gasteiger charge is -2.23. The number of likely N-dealkylation sites (tertiary alicyclic amines) is 1. The van der Waals surface area contributed by atoms with Crippen LogP contribution in [0.1, 0.15) is 23.2 Å². The topological polar surface area (TPSA) is 49.4 Å². The molecule has 1 heterocycles. The van der Waals surface area contributed by atoms with E-state index in [2.05, 4.69) is 21.2 Å². The lowest BCUT2D eigenvalue weighted by molar-refractivity contribution is -0.124. The Labute approximate surface area is 125 Å². The highest BCUT2D eigenvalue weighted by Crippen LogP contribution is 2.26. The molecule has 1 aliphatic rings. The second-order valence-electron chi connectivity index (χ2n) is 4.40. The molecule has 6 heteroatoms. The van der Waals surface area contributed by atoms with Gasteiger partial charge >= 0.3 is 0 Å². The molecule has 0 bridgehead atoms. The Balaban J connectivity index is 2.23. The maximum atomic E-state index is 12.4. The third kappa shape index (κ3) is 2.92. The van der Waals surface area contributed by atoms with Gasteiger partial charge in [0.2, 0.25) is 5.91 Å². The zero-order valence-electron chi connectivity index (χ0n) is 10.5. The predicted octanol–water partition coefficient (Wildman–Crippen LogP) is 2.45. The zero-order chi connectivity index (χ0) is 14.0. The van der Waals surface area contributed by atoms with Gasteiger partial charge in [-0.25, -0.2) is 0 Å². The number of carbonyl (C=O) groups excluding carboxylic acids is 2. The minimum atomic E-state index is -0.369. The summed E-state index contributed by atoms with van der Waals surface area (Å²) in [7, 11) is 1.59. The number of likely N-dealkylation sites (N-methyl/N-ethyl adjacent to an activating group) is 1. The van der Waals surface area contributed by atoms with Crippen LogP contribution in [0.2, 0.25) is 5.02 Å². The molecule has 1 unspecified atom stereocenters. The molecule has 1 aromatic carbocycles. The van der Waals surface area contributed by atoms with Gasteiger partial charge in [-0.2, -0.15) is 0 Å². The summed E-state index contributed by atoms with van der Waals surface area (Å²) in [5.74, 6) is -0.248. The summed E-state index contributed by atoms with van der Waals surface area (Å²) in [5.41, 5.74) is 0.534. The van der Waals surface area contributed by atoms with Gasteiger partial charge in [0, 0.05) is 23.6 Å². The first-order chi connectivity index (χ1) is 9.04. The van der Waals surface area contributed by atoms with Crippen molar-refractivity contribution in [3.8, 4) is 0 Å². The van der Waals surface area contributed by atoms with Gasteiger partial charge in [-0.1, -0.05) is 11.6 Å². The first-order valence-corrected chi connectivity index (χ1v) is 7.19. The summed E-state index contributed by atoms with van der Waals surface area (Å²) >= 11 is 9.21. The van der Waals surface area contributed by atoms with E-state index in [0.717, 1.165) is 6.42 Å². The van der Waals surface area contributed by atoms with Crippen molar-refractivity contribution in [2.24, 2.45) is 0 Å². The van der Waals surface area contributed by atoms with E-state index >= 15 is 0 Å². The standard InChI is InChI=1S/C13H14BrClN2O2/c1-16-12(18)11-3-2-6-17(11)13(19)8-4-5-10(15)9(14)7-8/h4-5,7,11H,2-3,6H2,1H3,(H,16,18). The van der Waals surface area contributed by atoms with Crippen molar-refractivity contribution >= 4 is 39.3 Å². The van der Waals surface area contributed by atoms with Gasteiger partial charge in [-0.15, -0.1) is 0 Å². The van der Waals surface area contributed by atoms with Gasteiger partial charge in [0.1, 0.15) is 6.04 Å². The number of halogens is 2. The molecule has 0 aliphatic carbocycles. The normalized spacial score (nSPS) is 18.5. The Bertz CT molecular complexity index is 521. The van der Waals surface area contributed by atoms with Crippen LogP contribution in [-0.4, -0.2) is 36.3 Å². The number of benzene rings is 1. The van der Waals surface area contributed by atoms with Gasteiger partial charge in [-0.3, -0.25) is 9.59 Å². The smallest absolute Gasteiger partial charge is 0.254 e. The summed E-state index contributed by atoms with van der Waals surface area (Å²) < 4.78 is 0.677. The molecule has 0 spiro atoms. The maximum absolute atomic E-state index is 12.4. The molecule has 1 N–H and O–H groups in total. The fourth-order valence-corrected chi connectivity index (χ4v) is 2.74. The highest BCUT2D eigenvalue weighted by atomic mass is 79.9. The van der Waals surface area contributed by atoms with Crippen molar-refractivity contribution < 1.29 is 9.59 Å². The Hall–Kier alpha value is -1.07. The number of hydrogen-bond donors (Lipinski definition) is 1. The first-order valence-electron chi connectivity index (χ1n) is 6.02. The fourth-order valence-electron chi connectivity index (χ4n) is 2.24. The Morgan fingerprint density at radius 1 is 1.47 bits per heavy atom. The number of rotatable bonds is 2. The lowest BCUT2D eigenvalue weighted by atomic mass is 10.1. The van der Waals surface area contributed by atoms with Crippen LogP contribution in [0.15, 0.2) is 22.7 Å². The number of nitrogens with zero attached hydrogens (tertiary/aromatic N) is 1. The molecule has 1 atom stereocenters. The number of hydrogen-bond acceptors (Lipinski definition) is 2. The summed E-state index contributed by atoms with van der Waals surface area (Å²) in [6.07, 6.45) is 1.55. The van der Waals surface area contributed by atoms with E-state index in [1.807, 2.05) is 0 Å². The minimum Gasteiger partial charge on any atom is -0.357 e. The molecular formula is C13H14BrClN2O2. The molecule has 4 nitrogen and oxygen atoms in total. The molecule has 1 aromatic rings. The monoisotopic (exact) mass is 344 g/mol. The van der Waals surface area contributed by atoms with Crippen molar-refractivity contribution in [1.29, 1.82) is 0 Å². The van der Waals surface area contributed by atoms with Crippen molar-refractivity contribution in [3.05, 3.63) is 33.3 Å². The van der Waals surface area contributed by atoms with Gasteiger partial charge in [-0.05, 0) is 47.0 Å². The predicted molar refractivity (Wildman–Crippen MR) is 77.3 cm³/mol. The molecule has 1 aliphatic heterocycles. The molecule has 2 rings (SSSR count). The third-order valence-corrected chi connectivity index (χ3v) is 4.44. The van der Waals surface area contributed by atoms with Gasteiger partial charge < -0.3 is 10.2 Å². The second kappa shape index (κ2) is 5.92. The molecule has 1 saturated heterocycles. The molecule has 19 heavy (non-hydrogen) atoms. The minimum absolute atomic E-state index is 0.112. The van der Waals surface area contributed by atoms with Crippen LogP contribution in [0.5, 0.6) is 0 Å². The lowest BCUT2D eigenvalue weighted by Crippen LogP contribution is -2.44. The highest BCUT2D eigenvalue weighted by molar-refractivity contribution is 9.10. The number of amides is 2. The molecule has 2 amide bonds. The number of carbonyl (C=O) groups is 2. The molecular weight excluding hydrogens is 332 g/mol. The van der Waals surface area contributed by atoms with Crippen LogP contribution in [0.25, 0.3) is 0 Å². The van der Waals surface area contributed by atoms with Crippen LogP contribution in [0.4, 0.5) is 0 Å². The van der Waals surface area contributed by atoms with Crippen LogP contribution in [0, 0.1) is 0 Å². The van der Waals surface area contributed by atoms with E-state index in [1.54, 1.807) is 30.1 Å². The second-order valence-corrected chi connectivity index (χ2v) is 5.66. The average molecular weight is 346 g/mol. The largest absolute Gasteiger partial charge is 0.357 e. The molecule has 102 valence electrons. The average Bonchev–Trinajstić information content (AvgIpc) is 2.89. The maximum Gasteiger partial charge on any atom is 0.254 e. The first kappa shape index (κ1) is 14.3. The fraction of sp³-hybridized carbons (Fsp3) is 0.385. The Morgan fingerprint density at radius 3 is 2.84 bits per heavy atom. The van der Waals surface area contributed by atoms with Crippen LogP contribution < -0.4 is 5.32 Å². The molecule has 1 fully saturated rings. The van der Waals surface area contributed by atoms with Crippen molar-refractivity contribution in [3.63, 3.8) is 0 Å². The molecule has 0 aromatic heterocycles. The van der Waals surface area contributed by atoms with E-state index in [4.69, 9.17) is 11.6 Å². The number of nitrogens with one attached hydrogen (secondary N) is 1. The van der Waals surface area contributed by atoms with Crippen molar-refractivity contribution in [1.82, 2.24) is 10.2 Å². The van der Waals surface area contributed by atoms with Gasteiger partial charge in [0.15, 0.2) is 0 Å². The summed E-state index contributed by atoms with van der Waals surface area (Å²) in [5, 5.41) is 3.16. The van der Waals surface area contributed by atoms with E-state index < -0.39 is 0 Å². The van der Waals surface area contributed by atoms with Crippen molar-refractivity contribution in [2.45, 2.75) is 18.9 Å². The Kier molecular flexibility index (Phi) is 4.47. The zero-order valence-corrected chi connectivity index (χ0v) is 12.8. The van der Waals surface area contributed by atoms with Crippen LogP contribution in [0.3, 0.4) is 0 Å². The van der Waals surface area contributed by atoms with E-state index in [9.17, 15) is 9.59 Å². The van der Waals surface area contributed by atoms with Crippen molar-refractivity contribution in [2.75, 3.05) is 13.6 Å². The van der Waals surface area contributed by atoms with Gasteiger partial charge in [0.25, 0.3) is 5.91 Å². The van der Waals surface area contributed by atoms with Crippen LogP contribution >= 0.6 is 27.5 Å². The highest BCUT2D eigenvalue weighted by Gasteiger charge is 2.33. The summed E-state index contributed by atoms with van der Waals surface area (Å²) in [6, 6.07) is 4.66. The third-order valence-electron chi connectivity index (χ3n) is 3.23. The van der Waals surface area contributed by atoms with E-state index in [0.29, 0.717) is 28.0 Å². The summed E-state index contributed by atoms with van der Waals surface area (Å²) in [4.78, 5) is 25.8. The SMILES string of the molecule is CNC(=O)C1CCCN1C(=O)c1ccc(Cl)c(Br)c1. The van der Waals surface area contributed by atoms with Crippen LogP contribution in [-0.2, 0) is 4.79 Å². The summed E-state index contributed by atoms with van der Waals surface area (Å²) in [6.45, 7) is 0.608. The van der Waals surface area contributed by atoms with E-state index in [-0.39, 0.29) is 17.9 Å². The molecule has 0 radical (unpaired) electrons. The van der Waals surface area contributed by atoms with E-state index in [1.165, 1.54) is 0 Å². The Morgan fingerprint density at radius 2 is 2.21 bits per heavy atom. The quantitative estimate of drug-likeness (QED) is 0.895. The molecule has 0 saturated carbocycles.